The van der Waals surface area contributed by atoms with Gasteiger partial charge in [-0.15, -0.1) is 6.58 Å². The molecule has 112 valence electrons. The number of carboxylic acid groups (broad SMARTS) is 1. The van der Waals surface area contributed by atoms with Crippen LogP contribution in [0.15, 0.2) is 12.7 Å². The van der Waals surface area contributed by atoms with Crippen LogP contribution in [0, 0.1) is 0 Å². The van der Waals surface area contributed by atoms with Crippen LogP contribution in [0.25, 0.3) is 0 Å². The van der Waals surface area contributed by atoms with Gasteiger partial charge in [0.1, 0.15) is 12.1 Å². The summed E-state index contributed by atoms with van der Waals surface area (Å²) >= 11 is 0. The topological polar surface area (TPSA) is 75.6 Å². The molecular formula is C14H27NO4. The van der Waals surface area contributed by atoms with E-state index in [1.165, 1.54) is 25.7 Å². The molecule has 0 aliphatic heterocycles. The predicted octanol–water partition coefficient (Wildman–Crippen LogP) is 3.35. The Labute approximate surface area is 116 Å². The third-order valence-corrected chi connectivity index (χ3v) is 1.79. The smallest absolute Gasteiger partial charge is 0.408 e. The summed E-state index contributed by atoms with van der Waals surface area (Å²) in [5, 5.41) is 10.3. The number of carbonyl (C=O) groups is 2. The van der Waals surface area contributed by atoms with E-state index in [2.05, 4.69) is 18.8 Å². The van der Waals surface area contributed by atoms with Crippen molar-refractivity contribution < 1.29 is 19.4 Å². The zero-order chi connectivity index (χ0) is 15.3. The number of alkyl carbamates (subject to hydrolysis) is 1. The second-order valence-corrected chi connectivity index (χ2v) is 5.03. The fraction of sp³-hybridized carbons (Fsp3) is 0.714. The normalized spacial score (nSPS) is 9.89. The number of hydrogen-bond donors (Lipinski definition) is 2. The van der Waals surface area contributed by atoms with Gasteiger partial charge in [0.15, 0.2) is 0 Å². The van der Waals surface area contributed by atoms with Gasteiger partial charge in [0.2, 0.25) is 0 Å². The minimum absolute atomic E-state index is 0.422. The maximum atomic E-state index is 10.8. The highest BCUT2D eigenvalue weighted by Gasteiger charge is 2.15. The third-order valence-electron chi connectivity index (χ3n) is 1.79. The molecule has 0 atom stereocenters. The highest BCUT2D eigenvalue weighted by Crippen LogP contribution is 2.05. The fourth-order valence-corrected chi connectivity index (χ4v) is 1.00. The first-order valence-electron chi connectivity index (χ1n) is 6.52. The van der Waals surface area contributed by atoms with Crippen molar-refractivity contribution in [1.82, 2.24) is 5.32 Å². The van der Waals surface area contributed by atoms with Crippen LogP contribution >= 0.6 is 0 Å². The minimum atomic E-state index is -1.10. The van der Waals surface area contributed by atoms with E-state index in [0.717, 1.165) is 0 Å². The van der Waals surface area contributed by atoms with Crippen molar-refractivity contribution in [2.24, 2.45) is 0 Å². The predicted molar refractivity (Wildman–Crippen MR) is 76.2 cm³/mol. The largest absolute Gasteiger partial charge is 0.480 e. The number of rotatable bonds is 6. The molecule has 0 aromatic rings. The summed E-state index contributed by atoms with van der Waals surface area (Å²) < 4.78 is 4.77. The average Bonchev–Trinajstić information content (AvgIpc) is 2.26. The molecule has 0 aromatic carbocycles. The van der Waals surface area contributed by atoms with Crippen LogP contribution in [0.3, 0.4) is 0 Å². The van der Waals surface area contributed by atoms with Crippen molar-refractivity contribution in [3.8, 4) is 0 Å². The lowest BCUT2D eigenvalue weighted by Gasteiger charge is -2.19. The molecule has 0 fully saturated rings. The number of hydrogen-bond acceptors (Lipinski definition) is 3. The lowest BCUT2D eigenvalue weighted by atomic mass is 10.2. The fourth-order valence-electron chi connectivity index (χ4n) is 1.00. The molecule has 0 radical (unpaired) electrons. The van der Waals surface area contributed by atoms with Crippen molar-refractivity contribution in [2.75, 3.05) is 6.54 Å². The van der Waals surface area contributed by atoms with E-state index in [9.17, 15) is 9.59 Å². The standard InChI is InChI=1S/C7H13NO4.C7H14/c1-7(2,3)12-6(11)8-4-5(9)10;1-3-5-7-6-4-2/h4H2,1-3H3,(H,8,11)(H,9,10);3H,1,4-7H2,2H3. The minimum Gasteiger partial charge on any atom is -0.480 e. The molecule has 19 heavy (non-hydrogen) atoms. The van der Waals surface area contributed by atoms with Gasteiger partial charge in [-0.2, -0.15) is 0 Å². The van der Waals surface area contributed by atoms with Crippen molar-refractivity contribution in [3.63, 3.8) is 0 Å². The summed E-state index contributed by atoms with van der Waals surface area (Å²) in [4.78, 5) is 20.8. The molecule has 5 heteroatoms. The molecular weight excluding hydrogens is 246 g/mol. The van der Waals surface area contributed by atoms with Crippen molar-refractivity contribution >= 4 is 12.1 Å². The Hall–Kier alpha value is -1.52. The van der Waals surface area contributed by atoms with Crippen LogP contribution in [-0.4, -0.2) is 29.3 Å². The van der Waals surface area contributed by atoms with Crippen molar-refractivity contribution in [1.29, 1.82) is 0 Å². The number of allylic oxidation sites excluding steroid dienone is 1. The van der Waals surface area contributed by atoms with Crippen molar-refractivity contribution in [3.05, 3.63) is 12.7 Å². The summed E-state index contributed by atoms with van der Waals surface area (Å²) in [6.45, 7) is 10.5. The van der Waals surface area contributed by atoms with Crippen LogP contribution in [0.2, 0.25) is 0 Å². The molecule has 0 spiro atoms. The van der Waals surface area contributed by atoms with E-state index in [1.807, 2.05) is 6.08 Å². The first-order valence-corrected chi connectivity index (χ1v) is 6.52. The van der Waals surface area contributed by atoms with E-state index in [0.29, 0.717) is 0 Å². The van der Waals surface area contributed by atoms with Gasteiger partial charge in [0, 0.05) is 0 Å². The Balaban J connectivity index is 0. The average molecular weight is 273 g/mol. The quantitative estimate of drug-likeness (QED) is 0.575. The molecule has 0 aliphatic rings. The Morgan fingerprint density at radius 3 is 2.26 bits per heavy atom. The van der Waals surface area contributed by atoms with Crippen LogP contribution in [0.1, 0.15) is 53.4 Å². The molecule has 1 amide bonds. The lowest BCUT2D eigenvalue weighted by Crippen LogP contribution is -2.35. The first-order chi connectivity index (χ1) is 8.72. The third kappa shape index (κ3) is 22.2. The molecule has 0 saturated heterocycles. The summed E-state index contributed by atoms with van der Waals surface area (Å²) in [6, 6.07) is 0. The van der Waals surface area contributed by atoms with Gasteiger partial charge in [-0.05, 0) is 33.6 Å². The van der Waals surface area contributed by atoms with Crippen LogP contribution in [0.4, 0.5) is 4.79 Å². The molecule has 0 unspecified atom stereocenters. The molecule has 2 N–H and O–H groups in total. The highest BCUT2D eigenvalue weighted by molar-refractivity contribution is 5.76. The number of carbonyl (C=O) groups excluding carboxylic acids is 1. The number of ether oxygens (including phenoxy) is 1. The Morgan fingerprint density at radius 2 is 1.89 bits per heavy atom. The summed E-state index contributed by atoms with van der Waals surface area (Å²) in [5.41, 5.74) is -0.595. The van der Waals surface area contributed by atoms with Gasteiger partial charge in [-0.25, -0.2) is 4.79 Å². The summed E-state index contributed by atoms with van der Waals surface area (Å²) in [6.07, 6.45) is 6.44. The molecule has 0 rings (SSSR count). The van der Waals surface area contributed by atoms with Gasteiger partial charge in [0.05, 0.1) is 0 Å². The Morgan fingerprint density at radius 1 is 1.32 bits per heavy atom. The number of amides is 1. The van der Waals surface area contributed by atoms with E-state index < -0.39 is 24.2 Å². The zero-order valence-electron chi connectivity index (χ0n) is 12.5. The van der Waals surface area contributed by atoms with E-state index >= 15 is 0 Å². The second-order valence-electron chi connectivity index (χ2n) is 5.03. The van der Waals surface area contributed by atoms with Gasteiger partial charge < -0.3 is 15.2 Å². The number of carboxylic acids is 1. The molecule has 0 aliphatic carbocycles. The summed E-state index contributed by atoms with van der Waals surface area (Å²) in [5.74, 6) is -1.10. The maximum Gasteiger partial charge on any atom is 0.408 e. The zero-order valence-corrected chi connectivity index (χ0v) is 12.5. The van der Waals surface area contributed by atoms with E-state index in [4.69, 9.17) is 9.84 Å². The van der Waals surface area contributed by atoms with Gasteiger partial charge >= 0.3 is 12.1 Å². The first kappa shape index (κ1) is 19.8. The summed E-state index contributed by atoms with van der Waals surface area (Å²) in [7, 11) is 0. The number of unbranched alkanes of at least 4 members (excludes halogenated alkanes) is 3. The van der Waals surface area contributed by atoms with E-state index in [1.54, 1.807) is 20.8 Å². The lowest BCUT2D eigenvalue weighted by molar-refractivity contribution is -0.136. The molecule has 5 nitrogen and oxygen atoms in total. The van der Waals surface area contributed by atoms with Gasteiger partial charge in [-0.3, -0.25) is 4.79 Å². The SMILES string of the molecule is C=CCCCCC.CC(C)(C)OC(=O)NCC(=O)O. The Kier molecular flexibility index (Phi) is 12.1. The highest BCUT2D eigenvalue weighted by atomic mass is 16.6. The molecule has 0 saturated carbocycles. The molecule has 0 aromatic heterocycles. The van der Waals surface area contributed by atoms with E-state index in [-0.39, 0.29) is 0 Å². The Bertz CT molecular complexity index is 269. The van der Waals surface area contributed by atoms with Gasteiger partial charge in [-0.1, -0.05) is 25.8 Å². The maximum absolute atomic E-state index is 10.8. The molecule has 0 heterocycles. The van der Waals surface area contributed by atoms with Crippen LogP contribution in [0.5, 0.6) is 0 Å². The van der Waals surface area contributed by atoms with Crippen molar-refractivity contribution in [2.45, 2.75) is 59.0 Å². The number of nitrogens with one attached hydrogen (secondary N) is 1. The van der Waals surface area contributed by atoms with Crippen LogP contribution in [-0.2, 0) is 9.53 Å². The van der Waals surface area contributed by atoms with Crippen LogP contribution < -0.4 is 5.32 Å². The number of aliphatic carboxylic acids is 1. The second kappa shape index (κ2) is 11.6. The molecule has 0 bridgehead atoms. The monoisotopic (exact) mass is 273 g/mol. The van der Waals surface area contributed by atoms with Gasteiger partial charge in [0.25, 0.3) is 0 Å².